The minimum atomic E-state index is -0.941. The van der Waals surface area contributed by atoms with Crippen molar-refractivity contribution in [2.24, 2.45) is 11.3 Å². The number of hydrogen-bond acceptors (Lipinski definition) is 5. The minimum Gasteiger partial charge on any atom is -0.508 e. The lowest BCUT2D eigenvalue weighted by Gasteiger charge is -2.58. The van der Waals surface area contributed by atoms with Gasteiger partial charge < -0.3 is 20.1 Å². The molecule has 2 saturated heterocycles. The molecule has 3 N–H and O–H groups in total. The zero-order valence-electron chi connectivity index (χ0n) is 24.6. The molecule has 6 heteroatoms. The van der Waals surface area contributed by atoms with Crippen molar-refractivity contribution in [3.8, 4) is 5.75 Å². The molecule has 4 aliphatic heterocycles. The predicted molar refractivity (Wildman–Crippen MR) is 169 cm³/mol. The lowest BCUT2D eigenvalue weighted by Crippen LogP contribution is -2.65. The van der Waals surface area contributed by atoms with E-state index in [9.17, 15) is 10.2 Å². The van der Waals surface area contributed by atoms with Gasteiger partial charge >= 0.3 is 0 Å². The van der Waals surface area contributed by atoms with Crippen LogP contribution in [0.3, 0.4) is 0 Å². The van der Waals surface area contributed by atoms with E-state index in [0.717, 1.165) is 92.2 Å². The summed E-state index contributed by atoms with van der Waals surface area (Å²) in [5.74, 6) is 0.606. The number of phenolic OH excluding ortho intramolecular Hbond substituents is 1. The summed E-state index contributed by atoms with van der Waals surface area (Å²) < 4.78 is 0. The summed E-state index contributed by atoms with van der Waals surface area (Å²) in [4.78, 5) is 14.2. The molecule has 2 aromatic heterocycles. The number of piperidine rings is 1. The topological polar surface area (TPSA) is 75.6 Å². The van der Waals surface area contributed by atoms with Crippen LogP contribution in [0.4, 0.5) is 0 Å². The van der Waals surface area contributed by atoms with Gasteiger partial charge in [-0.3, -0.25) is 9.88 Å². The third-order valence-electron chi connectivity index (χ3n) is 11.2. The summed E-state index contributed by atoms with van der Waals surface area (Å²) in [5, 5.41) is 25.4. The number of phenols is 1. The van der Waals surface area contributed by atoms with Gasteiger partial charge in [0.05, 0.1) is 22.9 Å². The van der Waals surface area contributed by atoms with Crippen LogP contribution in [-0.2, 0) is 0 Å². The predicted octanol–water partition coefficient (Wildman–Crippen LogP) is 6.56. The van der Waals surface area contributed by atoms with E-state index in [1.807, 2.05) is 18.3 Å². The van der Waals surface area contributed by atoms with Gasteiger partial charge in [0, 0.05) is 40.5 Å². The normalized spacial score (nSPS) is 37.0. The number of allylic oxidation sites excluding steroid dienone is 4. The van der Waals surface area contributed by atoms with Crippen molar-refractivity contribution in [2.75, 3.05) is 26.2 Å². The molecular weight excluding hydrogens is 520 g/mol. The molecule has 6 nitrogen and oxygen atoms in total. The number of fused-ring (bicyclic) bond motifs is 5. The summed E-state index contributed by atoms with van der Waals surface area (Å²) in [6.07, 6.45) is 24.7. The van der Waals surface area contributed by atoms with Crippen molar-refractivity contribution >= 4 is 27.4 Å². The van der Waals surface area contributed by atoms with Crippen molar-refractivity contribution in [1.29, 1.82) is 0 Å². The van der Waals surface area contributed by atoms with Crippen LogP contribution in [0.1, 0.15) is 69.9 Å². The Morgan fingerprint density at radius 1 is 0.929 bits per heavy atom. The molecule has 2 fully saturated rings. The molecule has 8 rings (SSSR count). The number of aliphatic hydroxyl groups is 1. The summed E-state index contributed by atoms with van der Waals surface area (Å²) >= 11 is 0. The van der Waals surface area contributed by atoms with Crippen molar-refractivity contribution in [3.05, 3.63) is 66.5 Å². The number of benzene rings is 1. The van der Waals surface area contributed by atoms with Crippen LogP contribution in [0.5, 0.6) is 5.75 Å². The first kappa shape index (κ1) is 26.7. The van der Waals surface area contributed by atoms with Gasteiger partial charge in [0.25, 0.3) is 0 Å². The van der Waals surface area contributed by atoms with Crippen LogP contribution < -0.4 is 0 Å². The van der Waals surface area contributed by atoms with Crippen molar-refractivity contribution in [2.45, 2.75) is 81.9 Å². The van der Waals surface area contributed by atoms with Crippen LogP contribution in [0.25, 0.3) is 27.4 Å². The second kappa shape index (κ2) is 10.4. The summed E-state index contributed by atoms with van der Waals surface area (Å²) in [5.41, 5.74) is 3.25. The first-order chi connectivity index (χ1) is 20.6. The number of H-pyrrole nitrogens is 1. The van der Waals surface area contributed by atoms with Gasteiger partial charge in [-0.15, -0.1) is 0 Å². The Morgan fingerprint density at radius 2 is 1.79 bits per heavy atom. The molecule has 0 radical (unpaired) electrons. The largest absolute Gasteiger partial charge is 0.508 e. The Hall–Kier alpha value is -2.93. The number of nitrogens with zero attached hydrogens (tertiary/aromatic N) is 3. The highest BCUT2D eigenvalue weighted by Crippen LogP contribution is 2.61. The van der Waals surface area contributed by atoms with Crippen LogP contribution >= 0.6 is 0 Å². The van der Waals surface area contributed by atoms with Gasteiger partial charge in [-0.1, -0.05) is 24.3 Å². The van der Waals surface area contributed by atoms with Gasteiger partial charge in [-0.25, -0.2) is 0 Å². The van der Waals surface area contributed by atoms with Gasteiger partial charge in [0.2, 0.25) is 0 Å². The number of hydrogen-bond donors (Lipinski definition) is 3. The SMILES string of the molecule is Oc1ccc2[nH]c3c(C4=C[C@@]5(O)CC/C=C\CCCCN6CC[C@@H]4[C@]4(CC7/C=C\CCCCN7[C@H]45)C6)nccc3c2c1. The zero-order chi connectivity index (χ0) is 28.3. The van der Waals surface area contributed by atoms with E-state index in [4.69, 9.17) is 4.98 Å². The fourth-order valence-electron chi connectivity index (χ4n) is 9.62. The molecule has 6 heterocycles. The molecular formula is C36H44N4O2. The third-order valence-corrected chi connectivity index (χ3v) is 11.2. The van der Waals surface area contributed by atoms with E-state index in [1.165, 1.54) is 31.3 Å². The molecule has 5 aliphatic rings. The van der Waals surface area contributed by atoms with Crippen molar-refractivity contribution in [1.82, 2.24) is 19.8 Å². The number of aromatic amines is 1. The summed E-state index contributed by atoms with van der Waals surface area (Å²) in [7, 11) is 0. The molecule has 6 atom stereocenters. The number of aromatic hydroxyl groups is 1. The van der Waals surface area contributed by atoms with Crippen LogP contribution in [0, 0.1) is 11.3 Å². The van der Waals surface area contributed by atoms with E-state index in [0.29, 0.717) is 12.0 Å². The molecule has 1 aromatic carbocycles. The standard InChI is InChI=1S/C36H44N4O2/c41-26-12-13-31-28(21-26)27-14-17-37-32(33(27)38-31)29-23-36(42)16-8-4-1-2-5-9-18-39-20-15-30(29)35(24-39)22-25-11-7-3-6-10-19-40(25)34(35)36/h1,4,7,11-14,17,21,23,25,30,34,38,41-42H,2-3,5-6,8-10,15-16,18-20,22,24H2/b4-1-,11-7-/t25?,30-,34+,35-,36-/m0/s1. The van der Waals surface area contributed by atoms with E-state index in [2.05, 4.69) is 51.2 Å². The van der Waals surface area contributed by atoms with E-state index in [1.54, 1.807) is 6.07 Å². The highest BCUT2D eigenvalue weighted by molar-refractivity contribution is 6.10. The molecule has 1 spiro atoms. The van der Waals surface area contributed by atoms with E-state index < -0.39 is 5.60 Å². The first-order valence-corrected chi connectivity index (χ1v) is 16.4. The van der Waals surface area contributed by atoms with Gasteiger partial charge in [-0.2, -0.15) is 0 Å². The molecule has 1 aliphatic carbocycles. The van der Waals surface area contributed by atoms with Crippen molar-refractivity contribution < 1.29 is 10.2 Å². The second-order valence-corrected chi connectivity index (χ2v) is 13.7. The summed E-state index contributed by atoms with van der Waals surface area (Å²) in [6.45, 7) is 4.36. The van der Waals surface area contributed by atoms with Crippen LogP contribution in [0.2, 0.25) is 0 Å². The molecule has 0 saturated carbocycles. The first-order valence-electron chi connectivity index (χ1n) is 16.4. The monoisotopic (exact) mass is 564 g/mol. The number of nitrogens with one attached hydrogen (secondary N) is 1. The quantitative estimate of drug-likeness (QED) is 0.292. The molecule has 2 unspecified atom stereocenters. The second-order valence-electron chi connectivity index (χ2n) is 13.7. The Balaban J connectivity index is 1.35. The average molecular weight is 565 g/mol. The summed E-state index contributed by atoms with van der Waals surface area (Å²) in [6, 6.07) is 8.08. The van der Waals surface area contributed by atoms with Gasteiger partial charge in [0.15, 0.2) is 0 Å². The highest BCUT2D eigenvalue weighted by Gasteiger charge is 2.65. The number of pyridine rings is 1. The molecule has 3 aromatic rings. The fourth-order valence-corrected chi connectivity index (χ4v) is 9.62. The molecule has 3 bridgehead atoms. The van der Waals surface area contributed by atoms with Crippen LogP contribution in [-0.4, -0.2) is 73.8 Å². The zero-order valence-corrected chi connectivity index (χ0v) is 24.6. The van der Waals surface area contributed by atoms with Crippen LogP contribution in [0.15, 0.2) is 60.8 Å². The Bertz CT molecular complexity index is 1590. The van der Waals surface area contributed by atoms with E-state index >= 15 is 0 Å². The lowest BCUT2D eigenvalue weighted by atomic mass is 9.54. The Kier molecular flexibility index (Phi) is 6.58. The third kappa shape index (κ3) is 4.21. The molecule has 42 heavy (non-hydrogen) atoms. The maximum Gasteiger partial charge on any atom is 0.116 e. The number of aromatic nitrogens is 2. The molecule has 220 valence electrons. The lowest BCUT2D eigenvalue weighted by molar-refractivity contribution is -0.0894. The Labute approximate surface area is 248 Å². The van der Waals surface area contributed by atoms with Gasteiger partial charge in [-0.05, 0) is 126 Å². The minimum absolute atomic E-state index is 0.0394. The van der Waals surface area contributed by atoms with E-state index in [-0.39, 0.29) is 17.2 Å². The average Bonchev–Trinajstić information content (AvgIpc) is 3.48. The highest BCUT2D eigenvalue weighted by atomic mass is 16.3. The molecule has 0 amide bonds. The maximum atomic E-state index is 13.1. The van der Waals surface area contributed by atoms with Gasteiger partial charge in [0.1, 0.15) is 5.75 Å². The van der Waals surface area contributed by atoms with Crippen molar-refractivity contribution in [3.63, 3.8) is 0 Å². The maximum absolute atomic E-state index is 13.1. The fraction of sp³-hybridized carbons (Fsp3) is 0.528. The number of rotatable bonds is 1. The Morgan fingerprint density at radius 3 is 2.71 bits per heavy atom. The smallest absolute Gasteiger partial charge is 0.116 e.